The second-order valence-corrected chi connectivity index (χ2v) is 7.40. The molecule has 1 saturated heterocycles. The molecule has 0 bridgehead atoms. The lowest BCUT2D eigenvalue weighted by atomic mass is 10.0. The van der Waals surface area contributed by atoms with Crippen molar-refractivity contribution in [3.05, 3.63) is 18.0 Å². The molecule has 1 aliphatic rings. The molecule has 6 heteroatoms. The van der Waals surface area contributed by atoms with E-state index in [0.29, 0.717) is 30.4 Å². The van der Waals surface area contributed by atoms with E-state index in [4.69, 9.17) is 5.73 Å². The molecule has 1 aliphatic heterocycles. The number of sulfonamides is 1. The largest absolute Gasteiger partial charge is 0.349 e. The summed E-state index contributed by atoms with van der Waals surface area (Å²) in [5.41, 5.74) is 6.54. The Labute approximate surface area is 121 Å². The van der Waals surface area contributed by atoms with Crippen molar-refractivity contribution < 1.29 is 8.42 Å². The van der Waals surface area contributed by atoms with Gasteiger partial charge in [0, 0.05) is 38.1 Å². The van der Waals surface area contributed by atoms with E-state index in [1.807, 2.05) is 11.5 Å². The van der Waals surface area contributed by atoms with Gasteiger partial charge in [-0.05, 0) is 31.7 Å². The molecule has 2 rings (SSSR count). The van der Waals surface area contributed by atoms with Crippen molar-refractivity contribution >= 4 is 10.0 Å². The van der Waals surface area contributed by atoms with Gasteiger partial charge in [-0.1, -0.05) is 13.3 Å². The third-order valence-electron chi connectivity index (χ3n) is 4.09. The molecule has 0 amide bonds. The van der Waals surface area contributed by atoms with Crippen LogP contribution in [0, 0.1) is 5.92 Å². The van der Waals surface area contributed by atoms with Crippen LogP contribution in [-0.4, -0.2) is 30.4 Å². The van der Waals surface area contributed by atoms with Crippen molar-refractivity contribution in [2.24, 2.45) is 11.7 Å². The van der Waals surface area contributed by atoms with E-state index in [2.05, 4.69) is 6.92 Å². The summed E-state index contributed by atoms with van der Waals surface area (Å²) < 4.78 is 28.8. The summed E-state index contributed by atoms with van der Waals surface area (Å²) in [6.07, 6.45) is 4.91. The van der Waals surface area contributed by atoms with Crippen molar-refractivity contribution in [3.63, 3.8) is 0 Å². The van der Waals surface area contributed by atoms with Gasteiger partial charge in [-0.2, -0.15) is 4.31 Å². The summed E-state index contributed by atoms with van der Waals surface area (Å²) in [6.45, 7) is 6.53. The number of aromatic nitrogens is 1. The summed E-state index contributed by atoms with van der Waals surface area (Å²) in [7, 11) is -3.35. The highest BCUT2D eigenvalue weighted by Crippen LogP contribution is 2.27. The highest BCUT2D eigenvalue weighted by molar-refractivity contribution is 7.89. The minimum atomic E-state index is -3.35. The van der Waals surface area contributed by atoms with E-state index in [9.17, 15) is 8.42 Å². The van der Waals surface area contributed by atoms with Crippen molar-refractivity contribution in [2.75, 3.05) is 13.1 Å². The van der Waals surface area contributed by atoms with Gasteiger partial charge in [0.2, 0.25) is 10.0 Å². The SMILES string of the molecule is CCCC1CCN(S(=O)(=O)c2cc(CN)n(CC)c2)C1. The first kappa shape index (κ1) is 15.5. The van der Waals surface area contributed by atoms with Crippen LogP contribution < -0.4 is 5.73 Å². The molecule has 0 spiro atoms. The second-order valence-electron chi connectivity index (χ2n) is 5.46. The van der Waals surface area contributed by atoms with Crippen LogP contribution in [-0.2, 0) is 23.1 Å². The van der Waals surface area contributed by atoms with Crippen LogP contribution in [0.15, 0.2) is 17.2 Å². The average molecular weight is 299 g/mol. The standard InChI is InChI=1S/C14H25N3O2S/c1-3-5-12-6-7-17(10-12)20(18,19)14-8-13(9-15)16(4-2)11-14/h8,11-12H,3-7,9-10,15H2,1-2H3. The Morgan fingerprint density at radius 2 is 2.15 bits per heavy atom. The van der Waals surface area contributed by atoms with Crippen LogP contribution in [0.5, 0.6) is 0 Å². The molecule has 5 nitrogen and oxygen atoms in total. The second kappa shape index (κ2) is 6.28. The summed E-state index contributed by atoms with van der Waals surface area (Å²) in [6, 6.07) is 1.71. The molecule has 0 aliphatic carbocycles. The maximum absolute atomic E-state index is 12.7. The van der Waals surface area contributed by atoms with Crippen LogP contribution in [0.25, 0.3) is 0 Å². The highest BCUT2D eigenvalue weighted by Gasteiger charge is 2.32. The normalized spacial score (nSPS) is 20.6. The fourth-order valence-corrected chi connectivity index (χ4v) is 4.54. The van der Waals surface area contributed by atoms with E-state index < -0.39 is 10.0 Å². The van der Waals surface area contributed by atoms with Crippen LogP contribution in [0.3, 0.4) is 0 Å². The molecule has 1 atom stereocenters. The molecule has 2 N–H and O–H groups in total. The highest BCUT2D eigenvalue weighted by atomic mass is 32.2. The number of rotatable bonds is 6. The smallest absolute Gasteiger partial charge is 0.244 e. The number of aryl methyl sites for hydroxylation is 1. The van der Waals surface area contributed by atoms with Gasteiger partial charge in [0.1, 0.15) is 4.90 Å². The third-order valence-corrected chi connectivity index (χ3v) is 5.92. The molecule has 1 fully saturated rings. The number of nitrogens with two attached hydrogens (primary N) is 1. The first-order valence-electron chi connectivity index (χ1n) is 7.42. The molecule has 0 radical (unpaired) electrons. The average Bonchev–Trinajstić information content (AvgIpc) is 3.05. The predicted octanol–water partition coefficient (Wildman–Crippen LogP) is 1.78. The lowest BCUT2D eigenvalue weighted by molar-refractivity contribution is 0.444. The molecule has 0 saturated carbocycles. The third kappa shape index (κ3) is 2.92. The van der Waals surface area contributed by atoms with Gasteiger partial charge in [-0.3, -0.25) is 0 Å². The monoisotopic (exact) mass is 299 g/mol. The molecule has 1 unspecified atom stereocenters. The van der Waals surface area contributed by atoms with Crippen molar-refractivity contribution in [1.82, 2.24) is 8.87 Å². The Hall–Kier alpha value is -0.850. The Bertz CT molecular complexity index is 529. The molecule has 0 aromatic carbocycles. The van der Waals surface area contributed by atoms with Crippen molar-refractivity contribution in [1.29, 1.82) is 0 Å². The predicted molar refractivity (Wildman–Crippen MR) is 79.8 cm³/mol. The first-order chi connectivity index (χ1) is 9.52. The van der Waals surface area contributed by atoms with Crippen molar-refractivity contribution in [2.45, 2.75) is 51.1 Å². The molecular weight excluding hydrogens is 274 g/mol. The lowest BCUT2D eigenvalue weighted by Crippen LogP contribution is -2.28. The molecule has 2 heterocycles. The molecular formula is C14H25N3O2S. The van der Waals surface area contributed by atoms with Gasteiger partial charge in [0.25, 0.3) is 0 Å². The van der Waals surface area contributed by atoms with Gasteiger partial charge in [-0.15, -0.1) is 0 Å². The van der Waals surface area contributed by atoms with Gasteiger partial charge in [0.15, 0.2) is 0 Å². The first-order valence-corrected chi connectivity index (χ1v) is 8.86. The minimum Gasteiger partial charge on any atom is -0.349 e. The van der Waals surface area contributed by atoms with Crippen LogP contribution in [0.1, 0.15) is 38.8 Å². The van der Waals surface area contributed by atoms with E-state index in [-0.39, 0.29) is 0 Å². The minimum absolute atomic E-state index is 0.363. The van der Waals surface area contributed by atoms with Gasteiger partial charge in [-0.25, -0.2) is 8.42 Å². The Morgan fingerprint density at radius 3 is 2.70 bits per heavy atom. The fourth-order valence-electron chi connectivity index (χ4n) is 2.94. The van der Waals surface area contributed by atoms with E-state index in [0.717, 1.165) is 31.5 Å². The van der Waals surface area contributed by atoms with E-state index in [1.165, 1.54) is 0 Å². The summed E-state index contributed by atoms with van der Waals surface area (Å²) in [4.78, 5) is 0.386. The Balaban J connectivity index is 2.20. The molecule has 114 valence electrons. The quantitative estimate of drug-likeness (QED) is 0.870. The zero-order chi connectivity index (χ0) is 14.8. The van der Waals surface area contributed by atoms with Crippen LogP contribution >= 0.6 is 0 Å². The van der Waals surface area contributed by atoms with Gasteiger partial charge >= 0.3 is 0 Å². The van der Waals surface area contributed by atoms with Crippen LogP contribution in [0.4, 0.5) is 0 Å². The molecule has 1 aromatic heterocycles. The summed E-state index contributed by atoms with van der Waals surface area (Å²) in [5.74, 6) is 0.511. The van der Waals surface area contributed by atoms with Crippen molar-refractivity contribution in [3.8, 4) is 0 Å². The maximum atomic E-state index is 12.7. The molecule has 1 aromatic rings. The number of nitrogens with zero attached hydrogens (tertiary/aromatic N) is 2. The number of hydrogen-bond donors (Lipinski definition) is 1. The van der Waals surface area contributed by atoms with E-state index >= 15 is 0 Å². The number of hydrogen-bond acceptors (Lipinski definition) is 3. The van der Waals surface area contributed by atoms with Gasteiger partial charge < -0.3 is 10.3 Å². The Kier molecular flexibility index (Phi) is 4.88. The van der Waals surface area contributed by atoms with E-state index in [1.54, 1.807) is 16.6 Å². The fraction of sp³-hybridized carbons (Fsp3) is 0.714. The maximum Gasteiger partial charge on any atom is 0.244 e. The van der Waals surface area contributed by atoms with Gasteiger partial charge in [0.05, 0.1) is 0 Å². The summed E-state index contributed by atoms with van der Waals surface area (Å²) in [5, 5.41) is 0. The topological polar surface area (TPSA) is 68.3 Å². The zero-order valence-corrected chi connectivity index (χ0v) is 13.2. The van der Waals surface area contributed by atoms with Crippen LogP contribution in [0.2, 0.25) is 0 Å². The zero-order valence-electron chi connectivity index (χ0n) is 12.4. The summed E-state index contributed by atoms with van der Waals surface area (Å²) >= 11 is 0. The lowest BCUT2D eigenvalue weighted by Gasteiger charge is -2.15. The molecule has 20 heavy (non-hydrogen) atoms. The Morgan fingerprint density at radius 1 is 1.40 bits per heavy atom.